The highest BCUT2D eigenvalue weighted by Gasteiger charge is 2.46. The molecular weight excluding hydrogens is 943 g/mol. The molecule has 2 aromatic carbocycles. The highest BCUT2D eigenvalue weighted by Crippen LogP contribution is 2.26. The lowest BCUT2D eigenvalue weighted by Gasteiger charge is -2.42. The number of rotatable bonds is 21. The molecule has 400 valence electrons. The van der Waals surface area contributed by atoms with Crippen LogP contribution in [0.3, 0.4) is 0 Å². The largest absolute Gasteiger partial charge is 0.481 e. The van der Waals surface area contributed by atoms with Crippen LogP contribution >= 0.6 is 0 Å². The predicted molar refractivity (Wildman–Crippen MR) is 269 cm³/mol. The highest BCUT2D eigenvalue weighted by molar-refractivity contribution is 6.00. The average Bonchev–Trinajstić information content (AvgIpc) is 3.34. The molecule has 4 rings (SSSR count). The molecular formula is C52H75N9O12. The van der Waals surface area contributed by atoms with Gasteiger partial charge >= 0.3 is 18.0 Å². The fourth-order valence-corrected chi connectivity index (χ4v) is 8.91. The predicted octanol–water partition coefficient (Wildman–Crippen LogP) is 2.60. The summed E-state index contributed by atoms with van der Waals surface area (Å²) in [5, 5.41) is 42.1. The molecule has 7 amide bonds. The summed E-state index contributed by atoms with van der Waals surface area (Å²) in [4.78, 5) is 129. The van der Waals surface area contributed by atoms with Crippen molar-refractivity contribution < 1.29 is 58.1 Å². The molecule has 0 aromatic heterocycles. The van der Waals surface area contributed by atoms with E-state index in [0.29, 0.717) is 24.0 Å². The summed E-state index contributed by atoms with van der Waals surface area (Å²) >= 11 is 0. The number of carboxylic acid groups (broad SMARTS) is 1. The number of aliphatic hydroxyl groups is 1. The van der Waals surface area contributed by atoms with Crippen molar-refractivity contribution in [3.63, 3.8) is 0 Å². The standard InChI is InChI=1S/C52H75N9O12/c1-6-7-8-9-16-25-41(63)55-37(29-42(64)65)48(68)59-44-32(4)73-51(71)43(31(2)3)58-49(69)38(28-33-19-12-10-13-20-33)60(5)52(72)61(30-34-21-14-11-15-22-34)45-39(62)27-26-35(46(45)66)56-47(67)36(57-50(44)70)23-17-18-24-40(53)54/h10-15,19-22,31-32,35-39,43-45,62H,6-9,16-18,23-30H2,1-5H3,(H3,53,54)(H,55,63)(H,56,67)(H,57,70)(H,58,69)(H,59,68)(H,64,65). The number of unbranched alkanes of at least 4 members (excludes halogenated alkanes) is 5. The molecule has 10 N–H and O–H groups in total. The van der Waals surface area contributed by atoms with Crippen LogP contribution < -0.4 is 32.3 Å². The van der Waals surface area contributed by atoms with Crippen LogP contribution in [0.4, 0.5) is 4.79 Å². The first-order valence-corrected chi connectivity index (χ1v) is 25.3. The molecule has 1 aliphatic carbocycles. The zero-order valence-corrected chi connectivity index (χ0v) is 42.6. The van der Waals surface area contributed by atoms with Gasteiger partial charge in [0.05, 0.1) is 24.4 Å². The van der Waals surface area contributed by atoms with Gasteiger partial charge in [0.2, 0.25) is 29.5 Å². The van der Waals surface area contributed by atoms with E-state index in [4.69, 9.17) is 15.9 Å². The number of Topliss-reactive ketones (excluding diaryl/α,β-unsaturated/α-hetero) is 1. The summed E-state index contributed by atoms with van der Waals surface area (Å²) in [5.41, 5.74) is 6.81. The van der Waals surface area contributed by atoms with Crippen LogP contribution in [0.15, 0.2) is 60.7 Å². The first-order valence-electron chi connectivity index (χ1n) is 25.3. The van der Waals surface area contributed by atoms with Crippen molar-refractivity contribution >= 4 is 59.1 Å². The second-order valence-corrected chi connectivity index (χ2v) is 19.3. The number of hydrogen-bond donors (Lipinski definition) is 9. The second-order valence-electron chi connectivity index (χ2n) is 19.3. The smallest absolute Gasteiger partial charge is 0.329 e. The average molecular weight is 1020 g/mol. The molecule has 0 spiro atoms. The number of ether oxygens (including phenoxy) is 1. The molecule has 1 saturated heterocycles. The number of likely N-dealkylation sites (N-methyl/N-ethyl adjacent to an activating group) is 1. The summed E-state index contributed by atoms with van der Waals surface area (Å²) in [5.74, 6) is -8.48. The molecule has 2 aromatic rings. The maximum Gasteiger partial charge on any atom is 0.329 e. The van der Waals surface area contributed by atoms with Crippen molar-refractivity contribution in [1.29, 1.82) is 5.41 Å². The summed E-state index contributed by atoms with van der Waals surface area (Å²) in [6.45, 7) is 6.34. The first kappa shape index (κ1) is 58.7. The van der Waals surface area contributed by atoms with E-state index in [0.717, 1.165) is 35.5 Å². The van der Waals surface area contributed by atoms with Gasteiger partial charge in [-0.05, 0) is 56.1 Å². The molecule has 1 heterocycles. The first-order chi connectivity index (χ1) is 34.7. The molecule has 0 radical (unpaired) electrons. The number of amidine groups is 1. The topological polar surface area (TPSA) is 320 Å². The van der Waals surface area contributed by atoms with Crippen molar-refractivity contribution in [2.45, 2.75) is 179 Å². The van der Waals surface area contributed by atoms with Crippen molar-refractivity contribution in [2.24, 2.45) is 11.7 Å². The molecule has 1 aliphatic heterocycles. The van der Waals surface area contributed by atoms with Gasteiger partial charge in [-0.3, -0.25) is 39.0 Å². The van der Waals surface area contributed by atoms with E-state index in [2.05, 4.69) is 26.6 Å². The van der Waals surface area contributed by atoms with Crippen LogP contribution in [0, 0.1) is 11.3 Å². The van der Waals surface area contributed by atoms with E-state index in [-0.39, 0.29) is 57.3 Å². The number of aliphatic hydroxyl groups excluding tert-OH is 1. The van der Waals surface area contributed by atoms with Gasteiger partial charge in [0.25, 0.3) is 0 Å². The Morgan fingerprint density at radius 1 is 0.836 bits per heavy atom. The molecule has 2 aliphatic rings. The van der Waals surface area contributed by atoms with Gasteiger partial charge in [0.1, 0.15) is 42.4 Å². The highest BCUT2D eigenvalue weighted by atomic mass is 16.5. The maximum atomic E-state index is 15.0. The van der Waals surface area contributed by atoms with E-state index in [1.807, 2.05) is 6.92 Å². The lowest BCUT2D eigenvalue weighted by Crippen LogP contribution is -2.64. The lowest BCUT2D eigenvalue weighted by molar-refractivity contribution is -0.157. The summed E-state index contributed by atoms with van der Waals surface area (Å²) in [6, 6.07) is 6.02. The molecule has 9 atom stereocenters. The van der Waals surface area contributed by atoms with E-state index in [1.165, 1.54) is 14.0 Å². The van der Waals surface area contributed by atoms with Crippen LogP contribution in [-0.4, -0.2) is 141 Å². The van der Waals surface area contributed by atoms with E-state index in [1.54, 1.807) is 74.5 Å². The van der Waals surface area contributed by atoms with Gasteiger partial charge in [0, 0.05) is 32.9 Å². The molecule has 73 heavy (non-hydrogen) atoms. The summed E-state index contributed by atoms with van der Waals surface area (Å²) < 4.78 is 5.87. The third-order valence-corrected chi connectivity index (χ3v) is 13.1. The molecule has 9 unspecified atom stereocenters. The summed E-state index contributed by atoms with van der Waals surface area (Å²) in [6.07, 6.45) is 0.566. The maximum absolute atomic E-state index is 15.0. The zero-order chi connectivity index (χ0) is 53.8. The number of urea groups is 1. The van der Waals surface area contributed by atoms with Gasteiger partial charge in [-0.25, -0.2) is 9.59 Å². The third-order valence-electron chi connectivity index (χ3n) is 13.1. The number of benzene rings is 2. The number of carbonyl (C=O) groups excluding carboxylic acids is 8. The Bertz CT molecular complexity index is 2230. The minimum absolute atomic E-state index is 0.00179. The van der Waals surface area contributed by atoms with Crippen LogP contribution in [0.1, 0.15) is 122 Å². The fraction of sp³-hybridized carbons (Fsp3) is 0.577. The number of nitrogens with one attached hydrogen (secondary N) is 6. The Kier molecular flexibility index (Phi) is 23.3. The Balaban J connectivity index is 1.84. The Morgan fingerprint density at radius 3 is 2.08 bits per heavy atom. The van der Waals surface area contributed by atoms with Crippen LogP contribution in [0.2, 0.25) is 0 Å². The van der Waals surface area contributed by atoms with Gasteiger partial charge in [-0.1, -0.05) is 114 Å². The van der Waals surface area contributed by atoms with Crippen molar-refractivity contribution in [3.8, 4) is 0 Å². The number of aliphatic carboxylic acids is 1. The molecule has 21 nitrogen and oxygen atoms in total. The molecule has 21 heteroatoms. The lowest BCUT2D eigenvalue weighted by atomic mass is 9.85. The quantitative estimate of drug-likeness (QED) is 0.0377. The number of amides is 7. The van der Waals surface area contributed by atoms with Gasteiger partial charge in [-0.15, -0.1) is 0 Å². The molecule has 2 bridgehead atoms. The monoisotopic (exact) mass is 1020 g/mol. The number of nitrogens with two attached hydrogens (primary N) is 1. The summed E-state index contributed by atoms with van der Waals surface area (Å²) in [7, 11) is 1.37. The van der Waals surface area contributed by atoms with Gasteiger partial charge in [-0.2, -0.15) is 0 Å². The number of fused-ring (bicyclic) bond motifs is 2. The van der Waals surface area contributed by atoms with Crippen molar-refractivity contribution in [2.75, 3.05) is 7.05 Å². The minimum Gasteiger partial charge on any atom is -0.481 e. The van der Waals surface area contributed by atoms with E-state index < -0.39 is 120 Å². The number of carbonyl (C=O) groups is 9. The fourth-order valence-electron chi connectivity index (χ4n) is 8.91. The van der Waals surface area contributed by atoms with Gasteiger partial charge < -0.3 is 57.1 Å². The molecule has 2 fully saturated rings. The number of carboxylic acids is 1. The second kappa shape index (κ2) is 29.0. The number of nitrogens with zero attached hydrogens (tertiary/aromatic N) is 2. The number of hydrogen-bond acceptors (Lipinski definition) is 12. The van der Waals surface area contributed by atoms with Gasteiger partial charge in [0.15, 0.2) is 5.78 Å². The molecule has 1 saturated carbocycles. The zero-order valence-electron chi connectivity index (χ0n) is 42.6. The third kappa shape index (κ3) is 18.0. The van der Waals surface area contributed by atoms with Crippen LogP contribution in [-0.2, 0) is 56.1 Å². The Hall–Kier alpha value is -6.90. The van der Waals surface area contributed by atoms with Crippen molar-refractivity contribution in [1.82, 2.24) is 36.4 Å². The number of ketones is 1. The van der Waals surface area contributed by atoms with E-state index in [9.17, 15) is 48.6 Å². The number of esters is 1. The van der Waals surface area contributed by atoms with Crippen molar-refractivity contribution in [3.05, 3.63) is 71.8 Å². The van der Waals surface area contributed by atoms with Crippen LogP contribution in [0.25, 0.3) is 0 Å². The van der Waals surface area contributed by atoms with E-state index >= 15 is 4.79 Å². The Labute approximate surface area is 427 Å². The SMILES string of the molecule is CCCCCCCC(=O)NC(CC(=O)O)C(=O)NC1C(=O)NC(CCCCC(=N)N)C(=O)NC2CCC(O)C(C2=O)N(Cc2ccccc2)C(=O)N(C)C(Cc2ccccc2)C(=O)NC(C(C)C)C(=O)OC1C. The number of cyclic esters (lactones) is 1. The normalized spacial score (nSPS) is 23.9. The Morgan fingerprint density at radius 2 is 1.47 bits per heavy atom. The minimum atomic E-state index is -1.85. The van der Waals surface area contributed by atoms with Crippen LogP contribution in [0.5, 0.6) is 0 Å².